The monoisotopic (exact) mass is 338 g/mol. The van der Waals surface area contributed by atoms with Crippen molar-refractivity contribution in [3.8, 4) is 0 Å². The molecule has 0 aliphatic heterocycles. The summed E-state index contributed by atoms with van der Waals surface area (Å²) in [6.45, 7) is 0. The van der Waals surface area contributed by atoms with Crippen LogP contribution in [0.2, 0.25) is 0 Å². The van der Waals surface area contributed by atoms with Crippen molar-refractivity contribution in [3.05, 3.63) is 34.3 Å². The van der Waals surface area contributed by atoms with E-state index in [1.807, 2.05) is 36.2 Å². The summed E-state index contributed by atoms with van der Waals surface area (Å²) >= 11 is 3.41. The van der Waals surface area contributed by atoms with Gasteiger partial charge in [-0.2, -0.15) is 0 Å². The van der Waals surface area contributed by atoms with Crippen molar-refractivity contribution in [1.82, 2.24) is 9.80 Å². The molecule has 1 amide bonds. The van der Waals surface area contributed by atoms with Gasteiger partial charge in [0.1, 0.15) is 0 Å². The van der Waals surface area contributed by atoms with Crippen LogP contribution in [0.3, 0.4) is 0 Å². The first kappa shape index (κ1) is 15.5. The second-order valence-corrected chi connectivity index (χ2v) is 6.72. The summed E-state index contributed by atoms with van der Waals surface area (Å²) in [5.41, 5.74) is 0.616. The van der Waals surface area contributed by atoms with E-state index in [1.165, 1.54) is 19.3 Å². The number of hydrogen-bond donors (Lipinski definition) is 0. The van der Waals surface area contributed by atoms with Gasteiger partial charge in [0.15, 0.2) is 0 Å². The molecule has 0 bridgehead atoms. The summed E-state index contributed by atoms with van der Waals surface area (Å²) in [5.74, 6) is 0.105. The smallest absolute Gasteiger partial charge is 0.255 e. The Morgan fingerprint density at radius 2 is 1.60 bits per heavy atom. The molecule has 1 saturated carbocycles. The third-order valence-corrected chi connectivity index (χ3v) is 5.04. The van der Waals surface area contributed by atoms with Gasteiger partial charge in [0, 0.05) is 17.1 Å². The minimum atomic E-state index is -0.137. The number of benzene rings is 1. The number of nitrogens with zero attached hydrogens (tertiary/aromatic N) is 2. The lowest BCUT2D eigenvalue weighted by Crippen LogP contribution is -2.59. The summed E-state index contributed by atoms with van der Waals surface area (Å²) in [5, 5.41) is 0. The van der Waals surface area contributed by atoms with E-state index in [1.54, 1.807) is 0 Å². The highest BCUT2D eigenvalue weighted by atomic mass is 79.9. The van der Waals surface area contributed by atoms with Crippen molar-refractivity contribution in [2.75, 3.05) is 21.1 Å². The first-order chi connectivity index (χ1) is 9.47. The Labute approximate surface area is 130 Å². The predicted molar refractivity (Wildman–Crippen MR) is 85.7 cm³/mol. The largest absolute Gasteiger partial charge is 0.323 e. The standard InChI is InChI=1S/C16H23BrN2O/c1-18(2)16(11-5-4-6-12-16)19(3)15(20)13-7-9-14(17)10-8-13/h7-10H,4-6,11-12H2,1-3H3. The molecule has 0 atom stereocenters. The van der Waals surface area contributed by atoms with Gasteiger partial charge in [-0.15, -0.1) is 0 Å². The van der Waals surface area contributed by atoms with E-state index in [-0.39, 0.29) is 11.6 Å². The molecule has 20 heavy (non-hydrogen) atoms. The van der Waals surface area contributed by atoms with Crippen LogP contribution in [-0.2, 0) is 0 Å². The molecule has 0 unspecified atom stereocenters. The molecule has 1 aromatic carbocycles. The molecular weight excluding hydrogens is 316 g/mol. The first-order valence-corrected chi connectivity index (χ1v) is 7.98. The molecule has 4 heteroatoms. The van der Waals surface area contributed by atoms with Gasteiger partial charge in [-0.25, -0.2) is 0 Å². The Morgan fingerprint density at radius 1 is 1.05 bits per heavy atom. The van der Waals surface area contributed by atoms with Crippen LogP contribution in [0.1, 0.15) is 42.5 Å². The average molecular weight is 339 g/mol. The zero-order chi connectivity index (χ0) is 14.8. The zero-order valence-electron chi connectivity index (χ0n) is 12.5. The normalized spacial score (nSPS) is 18.1. The van der Waals surface area contributed by atoms with Gasteiger partial charge in [-0.1, -0.05) is 22.4 Å². The zero-order valence-corrected chi connectivity index (χ0v) is 14.1. The van der Waals surface area contributed by atoms with Gasteiger partial charge in [0.2, 0.25) is 0 Å². The fourth-order valence-corrected chi connectivity index (χ4v) is 3.44. The van der Waals surface area contributed by atoms with E-state index >= 15 is 0 Å². The Hall–Kier alpha value is -0.870. The first-order valence-electron chi connectivity index (χ1n) is 7.18. The summed E-state index contributed by atoms with van der Waals surface area (Å²) in [7, 11) is 6.10. The van der Waals surface area contributed by atoms with Crippen molar-refractivity contribution >= 4 is 21.8 Å². The maximum atomic E-state index is 12.7. The third-order valence-electron chi connectivity index (χ3n) is 4.51. The Balaban J connectivity index is 2.25. The van der Waals surface area contributed by atoms with E-state index in [9.17, 15) is 4.79 Å². The van der Waals surface area contributed by atoms with Crippen LogP contribution in [0.4, 0.5) is 0 Å². The van der Waals surface area contributed by atoms with Gasteiger partial charge in [0.05, 0.1) is 5.66 Å². The highest BCUT2D eigenvalue weighted by Gasteiger charge is 2.40. The van der Waals surface area contributed by atoms with Gasteiger partial charge in [-0.05, 0) is 64.0 Å². The molecule has 1 aliphatic carbocycles. The van der Waals surface area contributed by atoms with E-state index in [0.29, 0.717) is 0 Å². The fraction of sp³-hybridized carbons (Fsp3) is 0.562. The second kappa shape index (κ2) is 6.27. The van der Waals surface area contributed by atoms with Gasteiger partial charge >= 0.3 is 0 Å². The van der Waals surface area contributed by atoms with Crippen LogP contribution in [0.25, 0.3) is 0 Å². The van der Waals surface area contributed by atoms with Gasteiger partial charge in [0.25, 0.3) is 5.91 Å². The van der Waals surface area contributed by atoms with E-state index in [2.05, 4.69) is 34.9 Å². The van der Waals surface area contributed by atoms with Crippen molar-refractivity contribution in [1.29, 1.82) is 0 Å². The number of carbonyl (C=O) groups excluding carboxylic acids is 1. The molecule has 3 nitrogen and oxygen atoms in total. The molecule has 1 aromatic rings. The summed E-state index contributed by atoms with van der Waals surface area (Å²) in [4.78, 5) is 16.9. The minimum absolute atomic E-state index is 0.105. The van der Waals surface area contributed by atoms with Crippen molar-refractivity contribution in [3.63, 3.8) is 0 Å². The molecule has 2 rings (SSSR count). The second-order valence-electron chi connectivity index (χ2n) is 5.81. The molecule has 0 heterocycles. The predicted octanol–water partition coefficient (Wildman–Crippen LogP) is 3.74. The van der Waals surface area contributed by atoms with Crippen molar-refractivity contribution < 1.29 is 4.79 Å². The van der Waals surface area contributed by atoms with Crippen LogP contribution >= 0.6 is 15.9 Å². The molecule has 0 spiro atoms. The Morgan fingerprint density at radius 3 is 2.10 bits per heavy atom. The highest BCUT2D eigenvalue weighted by Crippen LogP contribution is 2.35. The highest BCUT2D eigenvalue weighted by molar-refractivity contribution is 9.10. The lowest BCUT2D eigenvalue weighted by Gasteiger charge is -2.49. The Kier molecular flexibility index (Phi) is 4.86. The molecule has 0 radical (unpaired) electrons. The van der Waals surface area contributed by atoms with Crippen LogP contribution in [-0.4, -0.2) is 42.5 Å². The lowest BCUT2D eigenvalue weighted by molar-refractivity contribution is -0.0295. The average Bonchev–Trinajstić information content (AvgIpc) is 2.47. The van der Waals surface area contributed by atoms with Crippen LogP contribution in [0.15, 0.2) is 28.7 Å². The van der Waals surface area contributed by atoms with E-state index in [4.69, 9.17) is 0 Å². The topological polar surface area (TPSA) is 23.6 Å². The van der Waals surface area contributed by atoms with Crippen LogP contribution in [0.5, 0.6) is 0 Å². The molecule has 1 aliphatic rings. The SMILES string of the molecule is CN(C)C1(N(C)C(=O)c2ccc(Br)cc2)CCCCC1. The number of amides is 1. The van der Waals surface area contributed by atoms with Crippen molar-refractivity contribution in [2.24, 2.45) is 0 Å². The van der Waals surface area contributed by atoms with Gasteiger partial charge in [-0.3, -0.25) is 9.69 Å². The van der Waals surface area contributed by atoms with E-state index in [0.717, 1.165) is 22.9 Å². The molecular formula is C16H23BrN2O. The Bertz CT molecular complexity index is 464. The fourth-order valence-electron chi connectivity index (χ4n) is 3.18. The number of halogens is 1. The number of rotatable bonds is 3. The lowest BCUT2D eigenvalue weighted by atomic mass is 9.86. The van der Waals surface area contributed by atoms with E-state index < -0.39 is 0 Å². The molecule has 0 saturated heterocycles. The van der Waals surface area contributed by atoms with Gasteiger partial charge < -0.3 is 4.90 Å². The summed E-state index contributed by atoms with van der Waals surface area (Å²) < 4.78 is 0.997. The van der Waals surface area contributed by atoms with Crippen molar-refractivity contribution in [2.45, 2.75) is 37.8 Å². The molecule has 1 fully saturated rings. The van der Waals surface area contributed by atoms with Crippen LogP contribution < -0.4 is 0 Å². The minimum Gasteiger partial charge on any atom is -0.323 e. The van der Waals surface area contributed by atoms with Crippen LogP contribution in [0, 0.1) is 0 Å². The molecule has 110 valence electrons. The molecule has 0 aromatic heterocycles. The molecule has 0 N–H and O–H groups in total. The maximum absolute atomic E-state index is 12.7. The summed E-state index contributed by atoms with van der Waals surface area (Å²) in [6, 6.07) is 7.61. The third kappa shape index (κ3) is 2.91. The quantitative estimate of drug-likeness (QED) is 0.783. The maximum Gasteiger partial charge on any atom is 0.255 e. The summed E-state index contributed by atoms with van der Waals surface area (Å²) in [6.07, 6.45) is 5.76. The number of hydrogen-bond acceptors (Lipinski definition) is 2. The number of carbonyl (C=O) groups is 1.